The van der Waals surface area contributed by atoms with E-state index in [1.165, 1.54) is 0 Å². The molecule has 5 nitrogen and oxygen atoms in total. The lowest BCUT2D eigenvalue weighted by atomic mass is 10.2. The summed E-state index contributed by atoms with van der Waals surface area (Å²) in [5.74, 6) is 0.0554. The Morgan fingerprint density at radius 2 is 2.31 bits per heavy atom. The monoisotopic (exact) mass is 229 g/mol. The van der Waals surface area contributed by atoms with Crippen molar-refractivity contribution in [1.29, 1.82) is 0 Å². The molecular weight excluding hydrogens is 206 g/mol. The van der Waals surface area contributed by atoms with E-state index in [0.717, 1.165) is 32.5 Å². The maximum Gasteiger partial charge on any atom is 0.234 e. The van der Waals surface area contributed by atoms with Crippen molar-refractivity contribution in [2.45, 2.75) is 18.9 Å². The molecule has 0 aromatic carbocycles. The SMILES string of the molecule is CN(C)CCNC(=O)CNCC1CCCO1. The first-order valence-corrected chi connectivity index (χ1v) is 5.92. The molecule has 1 aliphatic heterocycles. The lowest BCUT2D eigenvalue weighted by Crippen LogP contribution is -2.39. The summed E-state index contributed by atoms with van der Waals surface area (Å²) >= 11 is 0. The predicted molar refractivity (Wildman–Crippen MR) is 63.4 cm³/mol. The fourth-order valence-electron chi connectivity index (χ4n) is 1.63. The zero-order chi connectivity index (χ0) is 11.8. The minimum absolute atomic E-state index is 0.0554. The minimum Gasteiger partial charge on any atom is -0.377 e. The topological polar surface area (TPSA) is 53.6 Å². The van der Waals surface area contributed by atoms with Crippen molar-refractivity contribution in [3.05, 3.63) is 0 Å². The Hall–Kier alpha value is -0.650. The van der Waals surface area contributed by atoms with Crippen LogP contribution in [0.3, 0.4) is 0 Å². The zero-order valence-electron chi connectivity index (χ0n) is 10.3. The summed E-state index contributed by atoms with van der Waals surface area (Å²) in [5.41, 5.74) is 0. The van der Waals surface area contributed by atoms with Crippen molar-refractivity contribution in [1.82, 2.24) is 15.5 Å². The summed E-state index contributed by atoms with van der Waals surface area (Å²) in [6.45, 7) is 3.60. The molecule has 1 unspecified atom stereocenters. The molecule has 16 heavy (non-hydrogen) atoms. The number of hydrogen-bond acceptors (Lipinski definition) is 4. The van der Waals surface area contributed by atoms with Crippen LogP contribution in [0.4, 0.5) is 0 Å². The first-order chi connectivity index (χ1) is 7.68. The van der Waals surface area contributed by atoms with Gasteiger partial charge in [-0.15, -0.1) is 0 Å². The smallest absolute Gasteiger partial charge is 0.234 e. The molecule has 0 spiro atoms. The van der Waals surface area contributed by atoms with Gasteiger partial charge in [-0.1, -0.05) is 0 Å². The molecule has 1 aliphatic rings. The quantitative estimate of drug-likeness (QED) is 0.614. The number of ether oxygens (including phenoxy) is 1. The summed E-state index contributed by atoms with van der Waals surface area (Å²) in [4.78, 5) is 13.4. The largest absolute Gasteiger partial charge is 0.377 e. The highest BCUT2D eigenvalue weighted by molar-refractivity contribution is 5.77. The van der Waals surface area contributed by atoms with Gasteiger partial charge >= 0.3 is 0 Å². The van der Waals surface area contributed by atoms with Crippen LogP contribution in [-0.2, 0) is 9.53 Å². The van der Waals surface area contributed by atoms with Gasteiger partial charge in [-0.25, -0.2) is 0 Å². The highest BCUT2D eigenvalue weighted by Crippen LogP contribution is 2.10. The van der Waals surface area contributed by atoms with Gasteiger partial charge in [0.15, 0.2) is 0 Å². The lowest BCUT2D eigenvalue weighted by molar-refractivity contribution is -0.120. The van der Waals surface area contributed by atoms with Crippen LogP contribution in [0.5, 0.6) is 0 Å². The molecule has 0 bridgehead atoms. The van der Waals surface area contributed by atoms with E-state index >= 15 is 0 Å². The first-order valence-electron chi connectivity index (χ1n) is 5.92. The van der Waals surface area contributed by atoms with Crippen LogP contribution in [0, 0.1) is 0 Å². The Balaban J connectivity index is 1.93. The average molecular weight is 229 g/mol. The average Bonchev–Trinajstić information content (AvgIpc) is 2.70. The van der Waals surface area contributed by atoms with Crippen molar-refractivity contribution >= 4 is 5.91 Å². The molecule has 1 fully saturated rings. The summed E-state index contributed by atoms with van der Waals surface area (Å²) in [6.07, 6.45) is 2.55. The van der Waals surface area contributed by atoms with E-state index in [4.69, 9.17) is 4.74 Å². The number of amides is 1. The van der Waals surface area contributed by atoms with Crippen LogP contribution < -0.4 is 10.6 Å². The molecule has 94 valence electrons. The Kier molecular flexibility index (Phi) is 6.37. The van der Waals surface area contributed by atoms with Crippen LogP contribution >= 0.6 is 0 Å². The molecule has 0 aliphatic carbocycles. The summed E-state index contributed by atoms with van der Waals surface area (Å²) in [5, 5.41) is 5.97. The molecule has 2 N–H and O–H groups in total. The Bertz CT molecular complexity index is 203. The van der Waals surface area contributed by atoms with E-state index < -0.39 is 0 Å². The van der Waals surface area contributed by atoms with Crippen molar-refractivity contribution in [2.24, 2.45) is 0 Å². The minimum atomic E-state index is 0.0554. The number of rotatable bonds is 7. The molecule has 0 saturated carbocycles. The molecule has 1 saturated heterocycles. The van der Waals surface area contributed by atoms with Crippen molar-refractivity contribution in [3.63, 3.8) is 0 Å². The fourth-order valence-corrected chi connectivity index (χ4v) is 1.63. The second-order valence-corrected chi connectivity index (χ2v) is 4.42. The van der Waals surface area contributed by atoms with Gasteiger partial charge < -0.3 is 20.3 Å². The Morgan fingerprint density at radius 1 is 1.50 bits per heavy atom. The number of nitrogens with one attached hydrogen (secondary N) is 2. The van der Waals surface area contributed by atoms with Crippen LogP contribution in [0.25, 0.3) is 0 Å². The molecule has 0 radical (unpaired) electrons. The molecule has 5 heteroatoms. The van der Waals surface area contributed by atoms with Gasteiger partial charge in [0.1, 0.15) is 0 Å². The molecule has 0 aromatic rings. The Labute approximate surface area is 97.5 Å². The molecule has 1 amide bonds. The molecular formula is C11H23N3O2. The highest BCUT2D eigenvalue weighted by Gasteiger charge is 2.14. The maximum atomic E-state index is 11.4. The van der Waals surface area contributed by atoms with Crippen LogP contribution in [0.15, 0.2) is 0 Å². The second-order valence-electron chi connectivity index (χ2n) is 4.42. The van der Waals surface area contributed by atoms with Crippen LogP contribution in [0.2, 0.25) is 0 Å². The number of likely N-dealkylation sites (N-methyl/N-ethyl adjacent to an activating group) is 1. The maximum absolute atomic E-state index is 11.4. The van der Waals surface area contributed by atoms with Gasteiger partial charge in [0.05, 0.1) is 12.6 Å². The van der Waals surface area contributed by atoms with Crippen LogP contribution in [0.1, 0.15) is 12.8 Å². The van der Waals surface area contributed by atoms with Gasteiger partial charge in [-0.2, -0.15) is 0 Å². The van der Waals surface area contributed by atoms with Crippen LogP contribution in [-0.4, -0.2) is 63.8 Å². The van der Waals surface area contributed by atoms with Gasteiger partial charge in [-0.3, -0.25) is 4.79 Å². The summed E-state index contributed by atoms with van der Waals surface area (Å²) < 4.78 is 5.45. The van der Waals surface area contributed by atoms with E-state index in [1.54, 1.807) is 0 Å². The van der Waals surface area contributed by atoms with Gasteiger partial charge in [0.25, 0.3) is 0 Å². The lowest BCUT2D eigenvalue weighted by Gasteiger charge is -2.12. The number of carbonyl (C=O) groups is 1. The molecule has 0 aromatic heterocycles. The second kappa shape index (κ2) is 7.60. The Morgan fingerprint density at radius 3 is 2.94 bits per heavy atom. The molecule has 1 atom stereocenters. The van der Waals surface area contributed by atoms with E-state index in [2.05, 4.69) is 10.6 Å². The van der Waals surface area contributed by atoms with Gasteiger partial charge in [-0.05, 0) is 26.9 Å². The van der Waals surface area contributed by atoms with E-state index in [1.807, 2.05) is 19.0 Å². The van der Waals surface area contributed by atoms with Crippen molar-refractivity contribution in [3.8, 4) is 0 Å². The number of nitrogens with zero attached hydrogens (tertiary/aromatic N) is 1. The normalized spacial score (nSPS) is 20.3. The van der Waals surface area contributed by atoms with E-state index in [9.17, 15) is 4.79 Å². The highest BCUT2D eigenvalue weighted by atomic mass is 16.5. The zero-order valence-corrected chi connectivity index (χ0v) is 10.3. The van der Waals surface area contributed by atoms with Gasteiger partial charge in [0, 0.05) is 26.2 Å². The molecule has 1 rings (SSSR count). The van der Waals surface area contributed by atoms with E-state index in [-0.39, 0.29) is 5.91 Å². The first kappa shape index (κ1) is 13.4. The van der Waals surface area contributed by atoms with E-state index in [0.29, 0.717) is 19.2 Å². The molecule has 1 heterocycles. The number of carbonyl (C=O) groups excluding carboxylic acids is 1. The summed E-state index contributed by atoms with van der Waals surface area (Å²) in [7, 11) is 3.98. The third-order valence-corrected chi connectivity index (χ3v) is 2.56. The number of hydrogen-bond donors (Lipinski definition) is 2. The summed E-state index contributed by atoms with van der Waals surface area (Å²) in [6, 6.07) is 0. The fraction of sp³-hybridized carbons (Fsp3) is 0.909. The third kappa shape index (κ3) is 6.05. The van der Waals surface area contributed by atoms with Crippen molar-refractivity contribution in [2.75, 3.05) is 46.9 Å². The third-order valence-electron chi connectivity index (χ3n) is 2.56. The van der Waals surface area contributed by atoms with Gasteiger partial charge in [0.2, 0.25) is 5.91 Å². The standard InChI is InChI=1S/C11H23N3O2/c1-14(2)6-5-13-11(15)9-12-8-10-4-3-7-16-10/h10,12H,3-9H2,1-2H3,(H,13,15). The predicted octanol–water partition coefficient (Wildman–Crippen LogP) is -0.567. The van der Waals surface area contributed by atoms with Crippen molar-refractivity contribution < 1.29 is 9.53 Å².